The summed E-state index contributed by atoms with van der Waals surface area (Å²) in [6.45, 7) is 5.08. The van der Waals surface area contributed by atoms with Crippen LogP contribution in [0, 0.1) is 6.92 Å². The van der Waals surface area contributed by atoms with Crippen molar-refractivity contribution in [1.29, 1.82) is 0 Å². The summed E-state index contributed by atoms with van der Waals surface area (Å²) >= 11 is 0. The van der Waals surface area contributed by atoms with Crippen LogP contribution in [0.3, 0.4) is 0 Å². The Labute approximate surface area is 161 Å². The highest BCUT2D eigenvalue weighted by molar-refractivity contribution is 5.78. The number of nitrogens with one attached hydrogen (secondary N) is 1. The Balaban J connectivity index is 1.80. The number of methoxy groups -OCH3 is 1. The van der Waals surface area contributed by atoms with Gasteiger partial charge in [-0.1, -0.05) is 48.0 Å². The van der Waals surface area contributed by atoms with Crippen LogP contribution in [0.1, 0.15) is 23.6 Å². The minimum absolute atomic E-state index is 0.00201. The van der Waals surface area contributed by atoms with Gasteiger partial charge in [0.25, 0.3) is 0 Å². The van der Waals surface area contributed by atoms with Crippen molar-refractivity contribution in [2.45, 2.75) is 26.7 Å². The standard InChI is InChI=1S/C22H28N2O3/c1-17-7-6-8-19(15-17)16-22(26)23-12-14-24(18(2)25)13-11-20-9-4-5-10-21(20)27-3/h4-10,15H,11-14,16H2,1-3H3,(H,23,26). The van der Waals surface area contributed by atoms with Gasteiger partial charge in [-0.25, -0.2) is 0 Å². The van der Waals surface area contributed by atoms with Gasteiger partial charge in [0.1, 0.15) is 5.75 Å². The molecular formula is C22H28N2O3. The van der Waals surface area contributed by atoms with E-state index in [1.165, 1.54) is 0 Å². The van der Waals surface area contributed by atoms with Gasteiger partial charge in [-0.2, -0.15) is 0 Å². The third-order valence-electron chi connectivity index (χ3n) is 4.44. The Morgan fingerprint density at radius 2 is 1.85 bits per heavy atom. The van der Waals surface area contributed by atoms with Gasteiger partial charge < -0.3 is 15.0 Å². The minimum atomic E-state index is -0.0335. The van der Waals surface area contributed by atoms with Crippen molar-refractivity contribution < 1.29 is 14.3 Å². The number of rotatable bonds is 9. The monoisotopic (exact) mass is 368 g/mol. The summed E-state index contributed by atoms with van der Waals surface area (Å²) in [6, 6.07) is 15.7. The van der Waals surface area contributed by atoms with Gasteiger partial charge in [-0.05, 0) is 30.5 Å². The first-order chi connectivity index (χ1) is 13.0. The second-order valence-corrected chi connectivity index (χ2v) is 6.58. The molecule has 1 N–H and O–H groups in total. The number of nitrogens with zero attached hydrogens (tertiary/aromatic N) is 1. The van der Waals surface area contributed by atoms with Crippen molar-refractivity contribution in [2.24, 2.45) is 0 Å². The van der Waals surface area contributed by atoms with E-state index < -0.39 is 0 Å². The van der Waals surface area contributed by atoms with E-state index >= 15 is 0 Å². The second-order valence-electron chi connectivity index (χ2n) is 6.58. The lowest BCUT2D eigenvalue weighted by Crippen LogP contribution is -2.39. The number of aryl methyl sites for hydroxylation is 1. The first kappa shape index (κ1) is 20.5. The molecule has 5 nitrogen and oxygen atoms in total. The lowest BCUT2D eigenvalue weighted by atomic mass is 10.1. The van der Waals surface area contributed by atoms with E-state index in [2.05, 4.69) is 5.32 Å². The zero-order valence-electron chi connectivity index (χ0n) is 16.3. The summed E-state index contributed by atoms with van der Waals surface area (Å²) in [5.74, 6) is 0.791. The number of ether oxygens (including phenoxy) is 1. The third kappa shape index (κ3) is 6.77. The summed E-state index contributed by atoms with van der Waals surface area (Å²) in [4.78, 5) is 25.8. The molecule has 0 aromatic heterocycles. The topological polar surface area (TPSA) is 58.6 Å². The number of benzene rings is 2. The third-order valence-corrected chi connectivity index (χ3v) is 4.44. The Bertz CT molecular complexity index is 774. The fraction of sp³-hybridized carbons (Fsp3) is 0.364. The van der Waals surface area contributed by atoms with Gasteiger partial charge in [0.2, 0.25) is 11.8 Å². The molecule has 0 aliphatic rings. The molecule has 0 radical (unpaired) electrons. The maximum absolute atomic E-state index is 12.1. The quantitative estimate of drug-likeness (QED) is 0.740. The van der Waals surface area contributed by atoms with Gasteiger partial charge in [0.15, 0.2) is 0 Å². The molecule has 0 heterocycles. The van der Waals surface area contributed by atoms with Crippen LogP contribution in [0.2, 0.25) is 0 Å². The SMILES string of the molecule is COc1ccccc1CCN(CCNC(=O)Cc1cccc(C)c1)C(C)=O. The highest BCUT2D eigenvalue weighted by Gasteiger charge is 2.11. The van der Waals surface area contributed by atoms with Crippen LogP contribution in [0.5, 0.6) is 5.75 Å². The molecule has 0 saturated carbocycles. The second kappa shape index (κ2) is 10.4. The van der Waals surface area contributed by atoms with Crippen LogP contribution in [0.25, 0.3) is 0 Å². The van der Waals surface area contributed by atoms with Gasteiger partial charge in [0.05, 0.1) is 13.5 Å². The summed E-state index contributed by atoms with van der Waals surface area (Å²) < 4.78 is 5.36. The highest BCUT2D eigenvalue weighted by Crippen LogP contribution is 2.18. The van der Waals surface area contributed by atoms with Crippen LogP contribution >= 0.6 is 0 Å². The molecule has 2 aromatic rings. The first-order valence-electron chi connectivity index (χ1n) is 9.19. The molecule has 2 amide bonds. The Kier molecular flexibility index (Phi) is 7.86. The zero-order chi connectivity index (χ0) is 19.6. The van der Waals surface area contributed by atoms with Crippen molar-refractivity contribution in [1.82, 2.24) is 10.2 Å². The molecule has 2 rings (SSSR count). The molecular weight excluding hydrogens is 340 g/mol. The normalized spacial score (nSPS) is 10.3. The number of hydrogen-bond acceptors (Lipinski definition) is 3. The molecule has 0 atom stereocenters. The van der Waals surface area contributed by atoms with E-state index in [1.807, 2.05) is 55.5 Å². The number of carbonyl (C=O) groups excluding carboxylic acids is 2. The molecule has 5 heteroatoms. The van der Waals surface area contributed by atoms with Gasteiger partial charge in [-0.15, -0.1) is 0 Å². The first-order valence-corrected chi connectivity index (χ1v) is 9.19. The minimum Gasteiger partial charge on any atom is -0.496 e. The Morgan fingerprint density at radius 1 is 1.07 bits per heavy atom. The van der Waals surface area contributed by atoms with Gasteiger partial charge in [-0.3, -0.25) is 9.59 Å². The number of para-hydroxylation sites is 1. The highest BCUT2D eigenvalue weighted by atomic mass is 16.5. The summed E-state index contributed by atoms with van der Waals surface area (Å²) in [6.07, 6.45) is 1.06. The van der Waals surface area contributed by atoms with Crippen LogP contribution < -0.4 is 10.1 Å². The molecule has 0 aliphatic heterocycles. The van der Waals surface area contributed by atoms with E-state index in [-0.39, 0.29) is 11.8 Å². The van der Waals surface area contributed by atoms with Crippen molar-refractivity contribution in [3.8, 4) is 5.75 Å². The molecule has 0 bridgehead atoms. The smallest absolute Gasteiger partial charge is 0.224 e. The van der Waals surface area contributed by atoms with Gasteiger partial charge in [0, 0.05) is 26.6 Å². The lowest BCUT2D eigenvalue weighted by Gasteiger charge is -2.22. The van der Waals surface area contributed by atoms with E-state index in [9.17, 15) is 9.59 Å². The molecule has 0 aliphatic carbocycles. The van der Waals surface area contributed by atoms with Crippen LogP contribution in [-0.2, 0) is 22.4 Å². The average Bonchev–Trinajstić information content (AvgIpc) is 2.64. The average molecular weight is 368 g/mol. The molecule has 0 saturated heterocycles. The van der Waals surface area contributed by atoms with E-state index in [0.29, 0.717) is 32.5 Å². The number of hydrogen-bond donors (Lipinski definition) is 1. The summed E-state index contributed by atoms with van der Waals surface area (Å²) in [5.41, 5.74) is 3.20. The zero-order valence-corrected chi connectivity index (χ0v) is 16.3. The Hall–Kier alpha value is -2.82. The van der Waals surface area contributed by atoms with E-state index in [4.69, 9.17) is 4.74 Å². The van der Waals surface area contributed by atoms with E-state index in [1.54, 1.807) is 18.9 Å². The predicted octanol–water partition coefficient (Wildman–Crippen LogP) is 2.75. The molecule has 0 spiro atoms. The van der Waals surface area contributed by atoms with Crippen molar-refractivity contribution in [3.63, 3.8) is 0 Å². The van der Waals surface area contributed by atoms with E-state index in [0.717, 1.165) is 22.4 Å². The molecule has 0 unspecified atom stereocenters. The molecule has 0 fully saturated rings. The predicted molar refractivity (Wildman–Crippen MR) is 107 cm³/mol. The summed E-state index contributed by atoms with van der Waals surface area (Å²) in [5, 5.41) is 2.90. The molecule has 27 heavy (non-hydrogen) atoms. The summed E-state index contributed by atoms with van der Waals surface area (Å²) in [7, 11) is 1.64. The molecule has 2 aromatic carbocycles. The maximum Gasteiger partial charge on any atom is 0.224 e. The number of amides is 2. The van der Waals surface area contributed by atoms with Crippen LogP contribution in [0.15, 0.2) is 48.5 Å². The fourth-order valence-corrected chi connectivity index (χ4v) is 2.99. The maximum atomic E-state index is 12.1. The van der Waals surface area contributed by atoms with Crippen molar-refractivity contribution in [3.05, 3.63) is 65.2 Å². The van der Waals surface area contributed by atoms with Gasteiger partial charge >= 0.3 is 0 Å². The lowest BCUT2D eigenvalue weighted by molar-refractivity contribution is -0.129. The van der Waals surface area contributed by atoms with Crippen molar-refractivity contribution >= 4 is 11.8 Å². The fourth-order valence-electron chi connectivity index (χ4n) is 2.99. The Morgan fingerprint density at radius 3 is 2.56 bits per heavy atom. The number of carbonyl (C=O) groups is 2. The largest absolute Gasteiger partial charge is 0.496 e. The van der Waals surface area contributed by atoms with Crippen molar-refractivity contribution in [2.75, 3.05) is 26.7 Å². The molecule has 144 valence electrons. The van der Waals surface area contributed by atoms with Crippen LogP contribution in [0.4, 0.5) is 0 Å². The van der Waals surface area contributed by atoms with Crippen LogP contribution in [-0.4, -0.2) is 43.5 Å².